The van der Waals surface area contributed by atoms with E-state index < -0.39 is 21.5 Å². The molecule has 2 nitrogen and oxygen atoms in total. The van der Waals surface area contributed by atoms with Gasteiger partial charge in [-0.15, -0.1) is 0 Å². The number of aryl methyl sites for hydroxylation is 2. The average molecular weight is 386 g/mol. The Morgan fingerprint density at radius 2 is 1.63 bits per heavy atom. The van der Waals surface area contributed by atoms with E-state index in [0.29, 0.717) is 11.1 Å². The molecule has 0 radical (unpaired) electrons. The predicted octanol–water partition coefficient (Wildman–Crippen LogP) is 5.48. The lowest BCUT2D eigenvalue weighted by molar-refractivity contribution is 0.585. The number of benzene rings is 3. The third kappa shape index (κ3) is 4.25. The molecule has 0 amide bonds. The number of rotatable bonds is 5. The van der Waals surface area contributed by atoms with Gasteiger partial charge in [-0.1, -0.05) is 43.3 Å². The maximum atomic E-state index is 14.0. The lowest BCUT2D eigenvalue weighted by Crippen LogP contribution is -2.07. The van der Waals surface area contributed by atoms with Crippen LogP contribution in [0.1, 0.15) is 23.6 Å². The van der Waals surface area contributed by atoms with E-state index in [1.165, 1.54) is 18.2 Å². The van der Waals surface area contributed by atoms with Crippen molar-refractivity contribution in [2.45, 2.75) is 30.9 Å². The normalized spacial score (nSPS) is 11.6. The van der Waals surface area contributed by atoms with Crippen molar-refractivity contribution in [3.63, 3.8) is 0 Å². The molecule has 3 rings (SSSR count). The summed E-state index contributed by atoms with van der Waals surface area (Å²) in [5.74, 6) is -1.42. The van der Waals surface area contributed by atoms with Gasteiger partial charge in [-0.25, -0.2) is 17.2 Å². The van der Waals surface area contributed by atoms with Crippen LogP contribution in [-0.4, -0.2) is 8.42 Å². The first-order valence-corrected chi connectivity index (χ1v) is 10.3. The van der Waals surface area contributed by atoms with Gasteiger partial charge in [-0.2, -0.15) is 0 Å². The molecule has 5 heteroatoms. The molecule has 0 fully saturated rings. The summed E-state index contributed by atoms with van der Waals surface area (Å²) in [4.78, 5) is 0.218. The van der Waals surface area contributed by atoms with E-state index in [4.69, 9.17) is 0 Å². The molecule has 0 spiro atoms. The highest BCUT2D eigenvalue weighted by Crippen LogP contribution is 2.28. The summed E-state index contributed by atoms with van der Waals surface area (Å²) in [6, 6.07) is 15.5. The molecule has 0 unspecified atom stereocenters. The second kappa shape index (κ2) is 7.61. The first-order valence-electron chi connectivity index (χ1n) is 8.67. The highest BCUT2D eigenvalue weighted by Gasteiger charge is 2.19. The van der Waals surface area contributed by atoms with Crippen LogP contribution in [0.3, 0.4) is 0 Å². The van der Waals surface area contributed by atoms with Gasteiger partial charge in [-0.05, 0) is 53.8 Å². The van der Waals surface area contributed by atoms with Gasteiger partial charge in [0.05, 0.1) is 10.6 Å². The molecule has 0 saturated carbocycles. The lowest BCUT2D eigenvalue weighted by atomic mass is 10.0. The molecule has 3 aromatic carbocycles. The molecule has 0 aliphatic rings. The van der Waals surface area contributed by atoms with E-state index in [9.17, 15) is 17.2 Å². The number of hydrogen-bond donors (Lipinski definition) is 0. The predicted molar refractivity (Wildman–Crippen MR) is 103 cm³/mol. The maximum absolute atomic E-state index is 14.0. The summed E-state index contributed by atoms with van der Waals surface area (Å²) in [6.45, 7) is 3.70. The molecule has 0 aromatic heterocycles. The van der Waals surface area contributed by atoms with Crippen molar-refractivity contribution in [1.82, 2.24) is 0 Å². The fraction of sp³-hybridized carbons (Fsp3) is 0.182. The zero-order chi connectivity index (χ0) is 19.6. The molecule has 0 atom stereocenters. The van der Waals surface area contributed by atoms with Crippen LogP contribution in [-0.2, 0) is 22.0 Å². The van der Waals surface area contributed by atoms with Crippen LogP contribution in [0.4, 0.5) is 8.78 Å². The summed E-state index contributed by atoms with van der Waals surface area (Å²) in [5, 5.41) is 0. The minimum absolute atomic E-state index is 0.0913. The van der Waals surface area contributed by atoms with Crippen LogP contribution < -0.4 is 0 Å². The molecule has 140 valence electrons. The molecule has 0 aliphatic carbocycles. The van der Waals surface area contributed by atoms with E-state index in [-0.39, 0.29) is 16.2 Å². The van der Waals surface area contributed by atoms with E-state index in [1.54, 1.807) is 25.1 Å². The summed E-state index contributed by atoms with van der Waals surface area (Å²) < 4.78 is 52.8. The summed E-state index contributed by atoms with van der Waals surface area (Å²) >= 11 is 0. The van der Waals surface area contributed by atoms with E-state index in [1.807, 2.05) is 25.1 Å². The highest BCUT2D eigenvalue weighted by molar-refractivity contribution is 7.90. The second-order valence-electron chi connectivity index (χ2n) is 6.54. The molecular formula is C22H20F2O2S. The van der Waals surface area contributed by atoms with Gasteiger partial charge in [0.25, 0.3) is 0 Å². The number of halogens is 2. The topological polar surface area (TPSA) is 34.1 Å². The standard InChI is InChI=1S/C22H20F2O2S/c1-3-16-5-4-6-17(12-16)14-27(25,26)22-10-7-18(11-15(22)2)20-9-8-19(23)13-21(20)24/h4-13H,3,14H2,1-2H3. The molecule has 0 N–H and O–H groups in total. The number of hydrogen-bond acceptors (Lipinski definition) is 2. The van der Waals surface area contributed by atoms with Crippen molar-refractivity contribution in [2.24, 2.45) is 0 Å². The fourth-order valence-electron chi connectivity index (χ4n) is 3.13. The molecule has 0 heterocycles. The van der Waals surface area contributed by atoms with Crippen molar-refractivity contribution < 1.29 is 17.2 Å². The van der Waals surface area contributed by atoms with Gasteiger partial charge in [0.2, 0.25) is 0 Å². The third-order valence-corrected chi connectivity index (χ3v) is 6.35. The van der Waals surface area contributed by atoms with E-state index in [2.05, 4.69) is 0 Å². The van der Waals surface area contributed by atoms with Crippen LogP contribution in [0, 0.1) is 18.6 Å². The molecule has 27 heavy (non-hydrogen) atoms. The summed E-state index contributed by atoms with van der Waals surface area (Å²) in [5.41, 5.74) is 3.10. The Morgan fingerprint density at radius 1 is 0.889 bits per heavy atom. The van der Waals surface area contributed by atoms with Crippen molar-refractivity contribution in [3.8, 4) is 11.1 Å². The quantitative estimate of drug-likeness (QED) is 0.582. The largest absolute Gasteiger partial charge is 0.223 e. The third-order valence-electron chi connectivity index (χ3n) is 4.51. The minimum Gasteiger partial charge on any atom is -0.223 e. The van der Waals surface area contributed by atoms with Crippen molar-refractivity contribution in [2.75, 3.05) is 0 Å². The molecule has 0 aliphatic heterocycles. The molecular weight excluding hydrogens is 366 g/mol. The Labute approximate surface area is 158 Å². The first-order chi connectivity index (χ1) is 12.8. The highest BCUT2D eigenvalue weighted by atomic mass is 32.2. The van der Waals surface area contributed by atoms with Crippen LogP contribution in [0.15, 0.2) is 65.6 Å². The van der Waals surface area contributed by atoms with Gasteiger partial charge >= 0.3 is 0 Å². The van der Waals surface area contributed by atoms with Gasteiger partial charge in [0.15, 0.2) is 9.84 Å². The SMILES string of the molecule is CCc1cccc(CS(=O)(=O)c2ccc(-c3ccc(F)cc3F)cc2C)c1. The van der Waals surface area contributed by atoms with Crippen LogP contribution in [0.25, 0.3) is 11.1 Å². The average Bonchev–Trinajstić information content (AvgIpc) is 2.61. The Hall–Kier alpha value is -2.53. The summed E-state index contributed by atoms with van der Waals surface area (Å²) in [6.07, 6.45) is 0.838. The molecule has 3 aromatic rings. The van der Waals surface area contributed by atoms with Crippen molar-refractivity contribution >= 4 is 9.84 Å². The van der Waals surface area contributed by atoms with Crippen LogP contribution >= 0.6 is 0 Å². The smallest absolute Gasteiger partial charge is 0.182 e. The van der Waals surface area contributed by atoms with Gasteiger partial charge in [0.1, 0.15) is 11.6 Å². The Kier molecular flexibility index (Phi) is 5.42. The minimum atomic E-state index is -3.54. The lowest BCUT2D eigenvalue weighted by Gasteiger charge is -2.11. The molecule has 0 bridgehead atoms. The second-order valence-corrected chi connectivity index (χ2v) is 8.50. The Bertz CT molecular complexity index is 1090. The van der Waals surface area contributed by atoms with E-state index >= 15 is 0 Å². The van der Waals surface area contributed by atoms with Crippen molar-refractivity contribution in [1.29, 1.82) is 0 Å². The van der Waals surface area contributed by atoms with Crippen LogP contribution in [0.2, 0.25) is 0 Å². The van der Waals surface area contributed by atoms with E-state index in [0.717, 1.165) is 23.6 Å². The zero-order valence-electron chi connectivity index (χ0n) is 15.2. The van der Waals surface area contributed by atoms with Gasteiger partial charge in [-0.3, -0.25) is 0 Å². The van der Waals surface area contributed by atoms with Gasteiger partial charge in [0, 0.05) is 11.6 Å². The Morgan fingerprint density at radius 3 is 2.30 bits per heavy atom. The first kappa shape index (κ1) is 19.2. The van der Waals surface area contributed by atoms with Gasteiger partial charge < -0.3 is 0 Å². The summed E-state index contributed by atoms with van der Waals surface area (Å²) in [7, 11) is -3.54. The number of sulfone groups is 1. The zero-order valence-corrected chi connectivity index (χ0v) is 16.0. The monoisotopic (exact) mass is 386 g/mol. The molecule has 0 saturated heterocycles. The Balaban J connectivity index is 1.94. The fourth-order valence-corrected chi connectivity index (χ4v) is 4.72. The van der Waals surface area contributed by atoms with Crippen molar-refractivity contribution in [3.05, 3.63) is 89.0 Å². The maximum Gasteiger partial charge on any atom is 0.182 e. The van der Waals surface area contributed by atoms with Crippen LogP contribution in [0.5, 0.6) is 0 Å².